The first kappa shape index (κ1) is 20.4. The highest BCUT2D eigenvalue weighted by atomic mass is 32.2. The van der Waals surface area contributed by atoms with Crippen LogP contribution in [0.1, 0.15) is 5.56 Å². The van der Waals surface area contributed by atoms with Crippen LogP contribution in [0.4, 0.5) is 0 Å². The summed E-state index contributed by atoms with van der Waals surface area (Å²) in [7, 11) is -3.94. The van der Waals surface area contributed by atoms with Crippen LogP contribution in [0.3, 0.4) is 0 Å². The van der Waals surface area contributed by atoms with E-state index in [1.807, 2.05) is 6.26 Å². The molecule has 0 saturated carbocycles. The van der Waals surface area contributed by atoms with Crippen LogP contribution in [0.2, 0.25) is 0 Å². The Kier molecular flexibility index (Phi) is 5.50. The predicted molar refractivity (Wildman–Crippen MR) is 119 cm³/mol. The Bertz CT molecular complexity index is 1220. The molecule has 152 valence electrons. The van der Waals surface area contributed by atoms with Gasteiger partial charge < -0.3 is 4.18 Å². The molecule has 30 heavy (non-hydrogen) atoms. The van der Waals surface area contributed by atoms with Crippen LogP contribution in [-0.4, -0.2) is 41.7 Å². The van der Waals surface area contributed by atoms with Gasteiger partial charge in [0.25, 0.3) is 5.91 Å². The second-order valence-corrected chi connectivity index (χ2v) is 9.08. The summed E-state index contributed by atoms with van der Waals surface area (Å²) >= 11 is 2.42. The largest absolute Gasteiger partial charge is 0.379 e. The van der Waals surface area contributed by atoms with Crippen LogP contribution < -0.4 is 4.18 Å². The highest BCUT2D eigenvalue weighted by Crippen LogP contribution is 2.31. The maximum Gasteiger partial charge on any atom is 0.339 e. The molecular formula is C19H14N4O4S3. The second-order valence-electron chi connectivity index (χ2n) is 6.03. The van der Waals surface area contributed by atoms with E-state index in [0.717, 1.165) is 11.9 Å². The van der Waals surface area contributed by atoms with Crippen molar-refractivity contribution in [3.63, 3.8) is 0 Å². The molecule has 0 unspecified atom stereocenters. The summed E-state index contributed by atoms with van der Waals surface area (Å²) in [5, 5.41) is 9.33. The molecule has 1 N–H and O–H groups in total. The first-order valence-electron chi connectivity index (χ1n) is 8.51. The summed E-state index contributed by atoms with van der Waals surface area (Å²) < 4.78 is 34.0. The van der Waals surface area contributed by atoms with Crippen molar-refractivity contribution in [2.45, 2.75) is 4.90 Å². The van der Waals surface area contributed by atoms with E-state index in [4.69, 9.17) is 9.59 Å². The van der Waals surface area contributed by atoms with Gasteiger partial charge in [-0.2, -0.15) is 17.8 Å². The van der Waals surface area contributed by atoms with Gasteiger partial charge in [0.1, 0.15) is 16.5 Å². The lowest BCUT2D eigenvalue weighted by molar-refractivity contribution is -0.114. The number of benzene rings is 2. The number of amides is 1. The molecule has 0 atom stereocenters. The molecule has 0 bridgehead atoms. The molecule has 2 aromatic carbocycles. The highest BCUT2D eigenvalue weighted by molar-refractivity contribution is 8.18. The molecule has 11 heteroatoms. The third-order valence-electron chi connectivity index (χ3n) is 4.11. The molecule has 1 amide bonds. The van der Waals surface area contributed by atoms with E-state index >= 15 is 0 Å². The number of nitrogens with zero attached hydrogens (tertiary/aromatic N) is 3. The van der Waals surface area contributed by atoms with Crippen LogP contribution in [0.25, 0.3) is 6.08 Å². The Balaban J connectivity index is 1.56. The second kappa shape index (κ2) is 8.09. The van der Waals surface area contributed by atoms with Crippen molar-refractivity contribution in [1.29, 1.82) is 5.41 Å². The fourth-order valence-electron chi connectivity index (χ4n) is 2.68. The summed E-state index contributed by atoms with van der Waals surface area (Å²) in [6, 6.07) is 14.0. The average molecular weight is 459 g/mol. The van der Waals surface area contributed by atoms with E-state index < -0.39 is 16.0 Å². The maximum atomic E-state index is 12.4. The number of carbonyl (C=O) groups excluding carboxylic acids is 1. The molecule has 0 fully saturated rings. The Morgan fingerprint density at radius 2 is 1.83 bits per heavy atom. The molecule has 2 aromatic rings. The molecule has 0 aliphatic carbocycles. The van der Waals surface area contributed by atoms with Crippen LogP contribution in [-0.2, 0) is 14.9 Å². The standard InChI is InChI=1S/C19H14N4O4S3/c1-28-19-22-29-18-21-17(24)15(16(20)23(18)19)11-12-7-9-13(10-8-12)27-30(25,26)14-5-3-2-4-6-14/h2-11,20H,1H3/b15-11-,20-16?. The van der Waals surface area contributed by atoms with Crippen molar-refractivity contribution in [1.82, 2.24) is 4.90 Å². The van der Waals surface area contributed by atoms with Gasteiger partial charge in [-0.3, -0.25) is 10.2 Å². The van der Waals surface area contributed by atoms with Gasteiger partial charge in [0.15, 0.2) is 5.17 Å². The zero-order valence-electron chi connectivity index (χ0n) is 15.5. The highest BCUT2D eigenvalue weighted by Gasteiger charge is 2.36. The van der Waals surface area contributed by atoms with Gasteiger partial charge in [0.05, 0.1) is 17.5 Å². The number of carbonyl (C=O) groups is 1. The molecule has 4 rings (SSSR count). The summed E-state index contributed by atoms with van der Waals surface area (Å²) in [6.07, 6.45) is 3.36. The van der Waals surface area contributed by atoms with Gasteiger partial charge in [0.2, 0.25) is 5.17 Å². The third kappa shape index (κ3) is 3.91. The number of amidine groups is 3. The van der Waals surface area contributed by atoms with Crippen LogP contribution in [0.15, 0.2) is 74.5 Å². The summed E-state index contributed by atoms with van der Waals surface area (Å²) in [6.45, 7) is 0. The molecule has 2 aliphatic heterocycles. The Hall–Kier alpha value is -2.89. The Morgan fingerprint density at radius 3 is 2.50 bits per heavy atom. The number of hydrogen-bond acceptors (Lipinski definition) is 8. The Labute approximate surface area is 181 Å². The molecular weight excluding hydrogens is 444 g/mol. The molecule has 0 spiro atoms. The number of rotatable bonds is 4. The van der Waals surface area contributed by atoms with Gasteiger partial charge >= 0.3 is 10.1 Å². The zero-order valence-corrected chi connectivity index (χ0v) is 17.9. The SMILES string of the molecule is CSC1=NSC2=NC(=O)/C(=C\c3ccc(OS(=O)(=O)c4ccccc4)cc3)C(=N)N12. The van der Waals surface area contributed by atoms with Crippen LogP contribution in [0, 0.1) is 5.41 Å². The van der Waals surface area contributed by atoms with E-state index in [9.17, 15) is 13.2 Å². The smallest absolute Gasteiger partial charge is 0.339 e. The van der Waals surface area contributed by atoms with E-state index in [1.54, 1.807) is 30.3 Å². The van der Waals surface area contributed by atoms with E-state index in [-0.39, 0.29) is 22.1 Å². The van der Waals surface area contributed by atoms with E-state index in [1.165, 1.54) is 47.0 Å². The summed E-state index contributed by atoms with van der Waals surface area (Å²) in [4.78, 5) is 17.9. The van der Waals surface area contributed by atoms with Crippen molar-refractivity contribution >= 4 is 62.0 Å². The zero-order chi connectivity index (χ0) is 21.3. The molecule has 2 aliphatic rings. The molecule has 0 aromatic heterocycles. The fourth-order valence-corrected chi connectivity index (χ4v) is 5.08. The minimum Gasteiger partial charge on any atom is -0.379 e. The quantitative estimate of drug-likeness (QED) is 0.424. The van der Waals surface area contributed by atoms with Crippen molar-refractivity contribution in [2.75, 3.05) is 6.26 Å². The van der Waals surface area contributed by atoms with Crippen molar-refractivity contribution in [2.24, 2.45) is 9.39 Å². The third-order valence-corrected chi connectivity index (χ3v) is 6.82. The predicted octanol–water partition coefficient (Wildman–Crippen LogP) is 3.39. The Morgan fingerprint density at radius 1 is 1.13 bits per heavy atom. The number of hydrogen-bond donors (Lipinski definition) is 1. The average Bonchev–Trinajstić information content (AvgIpc) is 3.15. The number of thioether (sulfide) groups is 1. The van der Waals surface area contributed by atoms with Gasteiger partial charge in [-0.05, 0) is 42.2 Å². The lowest BCUT2D eigenvalue weighted by Gasteiger charge is -2.23. The van der Waals surface area contributed by atoms with E-state index in [0.29, 0.717) is 15.9 Å². The van der Waals surface area contributed by atoms with Crippen LogP contribution in [0.5, 0.6) is 5.75 Å². The number of aliphatic imine (C=N–C) groups is 1. The monoisotopic (exact) mass is 458 g/mol. The topological polar surface area (TPSA) is 112 Å². The molecule has 0 saturated heterocycles. The molecule has 0 radical (unpaired) electrons. The maximum absolute atomic E-state index is 12.4. The molecule has 2 heterocycles. The summed E-state index contributed by atoms with van der Waals surface area (Å²) in [5.74, 6) is -0.391. The van der Waals surface area contributed by atoms with Gasteiger partial charge in [-0.25, -0.2) is 4.90 Å². The van der Waals surface area contributed by atoms with Gasteiger partial charge in [-0.1, -0.05) is 42.1 Å². The first-order chi connectivity index (χ1) is 14.4. The van der Waals surface area contributed by atoms with Crippen LogP contribution >= 0.6 is 23.7 Å². The van der Waals surface area contributed by atoms with Crippen molar-refractivity contribution in [3.8, 4) is 5.75 Å². The van der Waals surface area contributed by atoms with Crippen molar-refractivity contribution < 1.29 is 17.4 Å². The number of nitrogens with one attached hydrogen (secondary N) is 1. The van der Waals surface area contributed by atoms with Gasteiger partial charge in [0, 0.05) is 0 Å². The number of fused-ring (bicyclic) bond motifs is 1. The normalized spacial score (nSPS) is 17.6. The van der Waals surface area contributed by atoms with E-state index in [2.05, 4.69) is 9.39 Å². The van der Waals surface area contributed by atoms with Gasteiger partial charge in [-0.15, -0.1) is 0 Å². The lowest BCUT2D eigenvalue weighted by atomic mass is 10.1. The lowest BCUT2D eigenvalue weighted by Crippen LogP contribution is -2.41. The summed E-state index contributed by atoms with van der Waals surface area (Å²) in [5.41, 5.74) is 0.717. The first-order valence-corrected chi connectivity index (χ1v) is 11.9. The fraction of sp³-hybridized carbons (Fsp3) is 0.0526. The molecule has 8 nitrogen and oxygen atoms in total. The minimum absolute atomic E-state index is 0.00455. The minimum atomic E-state index is -3.94. The van der Waals surface area contributed by atoms with Crippen molar-refractivity contribution in [3.05, 3.63) is 65.7 Å².